The Balaban J connectivity index is 1.79. The maximum Gasteiger partial charge on any atom is 0.0456 e. The van der Waals surface area contributed by atoms with Crippen LogP contribution in [-0.4, -0.2) is 11.5 Å². The Hall–Kier alpha value is -1.28. The Bertz CT molecular complexity index is 494. The molecule has 0 radical (unpaired) electrons. The number of hydrogen-bond acceptors (Lipinski definition) is 1. The number of fused-ring (bicyclic) bond motifs is 1. The molecule has 0 bridgehead atoms. The Morgan fingerprint density at radius 1 is 1.25 bits per heavy atom. The quantitative estimate of drug-likeness (QED) is 0.807. The van der Waals surface area contributed by atoms with Crippen LogP contribution in [0.25, 0.3) is 10.9 Å². The van der Waals surface area contributed by atoms with Crippen LogP contribution in [0, 0.1) is 5.41 Å². The third kappa shape index (κ3) is 1.63. The van der Waals surface area contributed by atoms with E-state index in [1.54, 1.807) is 0 Å². The van der Waals surface area contributed by atoms with Crippen molar-refractivity contribution in [1.82, 2.24) is 4.98 Å². The molecule has 1 aliphatic carbocycles. The van der Waals surface area contributed by atoms with E-state index < -0.39 is 0 Å². The number of benzene rings is 1. The third-order valence-corrected chi connectivity index (χ3v) is 3.99. The first-order chi connectivity index (χ1) is 7.83. The fraction of sp³-hybridized carbons (Fsp3) is 0.429. The van der Waals surface area contributed by atoms with Crippen LogP contribution in [0.5, 0.6) is 0 Å². The predicted molar refractivity (Wildman–Crippen MR) is 67.3 cm³/mol. The van der Waals surface area contributed by atoms with E-state index in [2.05, 4.69) is 35.4 Å². The van der Waals surface area contributed by atoms with E-state index in [1.165, 1.54) is 35.7 Å². The molecule has 3 rings (SSSR count). The molecule has 1 fully saturated rings. The average Bonchev–Trinajstić information content (AvgIpc) is 3.01. The molecule has 1 heterocycles. The van der Waals surface area contributed by atoms with Crippen molar-refractivity contribution in [3.63, 3.8) is 0 Å². The Morgan fingerprint density at radius 3 is 2.81 bits per heavy atom. The van der Waals surface area contributed by atoms with Crippen molar-refractivity contribution in [2.24, 2.45) is 11.1 Å². The van der Waals surface area contributed by atoms with Crippen molar-refractivity contribution in [3.8, 4) is 0 Å². The summed E-state index contributed by atoms with van der Waals surface area (Å²) in [6.45, 7) is 0.857. The minimum atomic E-state index is 0.484. The number of aromatic amines is 1. The van der Waals surface area contributed by atoms with Gasteiger partial charge in [0.15, 0.2) is 0 Å². The largest absolute Gasteiger partial charge is 0.361 e. The first-order valence-corrected chi connectivity index (χ1v) is 6.08. The molecule has 2 heteroatoms. The van der Waals surface area contributed by atoms with Gasteiger partial charge in [-0.1, -0.05) is 18.2 Å². The number of aryl methyl sites for hydroxylation is 1. The SMILES string of the molecule is NCC1(CCc2c[nH]c3ccccc23)CC1. The number of nitrogens with two attached hydrogens (primary N) is 1. The van der Waals surface area contributed by atoms with Gasteiger partial charge < -0.3 is 10.7 Å². The number of hydrogen-bond donors (Lipinski definition) is 2. The van der Waals surface area contributed by atoms with Gasteiger partial charge in [-0.15, -0.1) is 0 Å². The van der Waals surface area contributed by atoms with Gasteiger partial charge in [0.05, 0.1) is 0 Å². The van der Waals surface area contributed by atoms with Crippen LogP contribution in [0.15, 0.2) is 30.5 Å². The predicted octanol–water partition coefficient (Wildman–Crippen LogP) is 2.84. The van der Waals surface area contributed by atoms with Gasteiger partial charge in [-0.2, -0.15) is 0 Å². The van der Waals surface area contributed by atoms with Gasteiger partial charge in [0, 0.05) is 17.1 Å². The van der Waals surface area contributed by atoms with E-state index in [0.29, 0.717) is 5.41 Å². The lowest BCUT2D eigenvalue weighted by molar-refractivity contribution is 0.479. The maximum absolute atomic E-state index is 5.81. The second-order valence-electron chi connectivity index (χ2n) is 5.06. The molecule has 2 aromatic rings. The number of para-hydroxylation sites is 1. The van der Waals surface area contributed by atoms with Crippen LogP contribution in [0.3, 0.4) is 0 Å². The van der Waals surface area contributed by atoms with Crippen LogP contribution in [0.2, 0.25) is 0 Å². The van der Waals surface area contributed by atoms with Crippen LogP contribution in [0.1, 0.15) is 24.8 Å². The summed E-state index contributed by atoms with van der Waals surface area (Å²) < 4.78 is 0. The van der Waals surface area contributed by atoms with E-state index in [1.807, 2.05) is 0 Å². The second-order valence-corrected chi connectivity index (χ2v) is 5.06. The maximum atomic E-state index is 5.81. The molecule has 1 aliphatic rings. The summed E-state index contributed by atoms with van der Waals surface area (Å²) in [6.07, 6.45) is 7.20. The van der Waals surface area contributed by atoms with Crippen LogP contribution in [-0.2, 0) is 6.42 Å². The molecule has 16 heavy (non-hydrogen) atoms. The number of rotatable bonds is 4. The molecule has 0 spiro atoms. The lowest BCUT2D eigenvalue weighted by Crippen LogP contribution is -2.15. The van der Waals surface area contributed by atoms with Crippen molar-refractivity contribution in [3.05, 3.63) is 36.0 Å². The van der Waals surface area contributed by atoms with E-state index in [4.69, 9.17) is 5.73 Å². The number of nitrogens with one attached hydrogen (secondary N) is 1. The normalized spacial score (nSPS) is 17.8. The number of H-pyrrole nitrogens is 1. The Kier molecular flexibility index (Phi) is 2.25. The smallest absolute Gasteiger partial charge is 0.0456 e. The van der Waals surface area contributed by atoms with E-state index in [0.717, 1.165) is 13.0 Å². The van der Waals surface area contributed by atoms with Crippen molar-refractivity contribution < 1.29 is 0 Å². The molecule has 0 aliphatic heterocycles. The first kappa shape index (κ1) is 9.91. The standard InChI is InChI=1S/C14H18N2/c15-10-14(7-8-14)6-5-11-9-16-13-4-2-1-3-12(11)13/h1-4,9,16H,5-8,10,15H2. The number of aromatic nitrogens is 1. The summed E-state index contributed by atoms with van der Waals surface area (Å²) in [6, 6.07) is 8.51. The minimum absolute atomic E-state index is 0.484. The third-order valence-electron chi connectivity index (χ3n) is 3.99. The lowest BCUT2D eigenvalue weighted by atomic mass is 9.97. The van der Waals surface area contributed by atoms with Crippen molar-refractivity contribution in [2.75, 3.05) is 6.54 Å². The Morgan fingerprint density at radius 2 is 2.06 bits per heavy atom. The highest BCUT2D eigenvalue weighted by molar-refractivity contribution is 5.83. The van der Waals surface area contributed by atoms with E-state index in [-0.39, 0.29) is 0 Å². The molecule has 84 valence electrons. The highest BCUT2D eigenvalue weighted by Crippen LogP contribution is 2.48. The average molecular weight is 214 g/mol. The molecule has 0 atom stereocenters. The van der Waals surface area contributed by atoms with Gasteiger partial charge in [0.1, 0.15) is 0 Å². The highest BCUT2D eigenvalue weighted by atomic mass is 14.7. The van der Waals surface area contributed by atoms with Crippen LogP contribution >= 0.6 is 0 Å². The first-order valence-electron chi connectivity index (χ1n) is 6.08. The lowest BCUT2D eigenvalue weighted by Gasteiger charge is -2.10. The molecule has 1 aromatic heterocycles. The second kappa shape index (κ2) is 3.63. The molecular weight excluding hydrogens is 196 g/mol. The molecule has 0 unspecified atom stereocenters. The van der Waals surface area contributed by atoms with Gasteiger partial charge in [0.2, 0.25) is 0 Å². The summed E-state index contributed by atoms with van der Waals surface area (Å²) >= 11 is 0. The van der Waals surface area contributed by atoms with Crippen LogP contribution < -0.4 is 5.73 Å². The van der Waals surface area contributed by atoms with Crippen LogP contribution in [0.4, 0.5) is 0 Å². The van der Waals surface area contributed by atoms with E-state index in [9.17, 15) is 0 Å². The highest BCUT2D eigenvalue weighted by Gasteiger charge is 2.40. The van der Waals surface area contributed by atoms with Gasteiger partial charge >= 0.3 is 0 Å². The zero-order chi connectivity index (χ0) is 11.0. The summed E-state index contributed by atoms with van der Waals surface area (Å²) in [4.78, 5) is 3.33. The summed E-state index contributed by atoms with van der Waals surface area (Å²) in [7, 11) is 0. The fourth-order valence-electron chi connectivity index (χ4n) is 2.47. The fourth-order valence-corrected chi connectivity index (χ4v) is 2.47. The van der Waals surface area contributed by atoms with E-state index >= 15 is 0 Å². The zero-order valence-electron chi connectivity index (χ0n) is 9.50. The van der Waals surface area contributed by atoms with Crippen molar-refractivity contribution >= 4 is 10.9 Å². The van der Waals surface area contributed by atoms with Crippen molar-refractivity contribution in [2.45, 2.75) is 25.7 Å². The molecule has 1 aromatic carbocycles. The minimum Gasteiger partial charge on any atom is -0.361 e. The molecule has 0 amide bonds. The van der Waals surface area contributed by atoms with Gasteiger partial charge in [0.25, 0.3) is 0 Å². The van der Waals surface area contributed by atoms with Gasteiger partial charge in [-0.25, -0.2) is 0 Å². The molecule has 3 N–H and O–H groups in total. The molecular formula is C14H18N2. The van der Waals surface area contributed by atoms with Crippen molar-refractivity contribution in [1.29, 1.82) is 0 Å². The van der Waals surface area contributed by atoms with Gasteiger partial charge in [-0.3, -0.25) is 0 Å². The summed E-state index contributed by atoms with van der Waals surface area (Å²) in [5.41, 5.74) is 8.98. The topological polar surface area (TPSA) is 41.8 Å². The summed E-state index contributed by atoms with van der Waals surface area (Å²) in [5, 5.41) is 1.37. The summed E-state index contributed by atoms with van der Waals surface area (Å²) in [5.74, 6) is 0. The Labute approximate surface area is 95.8 Å². The monoisotopic (exact) mass is 214 g/mol. The zero-order valence-corrected chi connectivity index (χ0v) is 9.50. The molecule has 0 saturated heterocycles. The van der Waals surface area contributed by atoms with Gasteiger partial charge in [-0.05, 0) is 49.3 Å². The molecule has 1 saturated carbocycles. The molecule has 2 nitrogen and oxygen atoms in total.